The number of ether oxygens (including phenoxy) is 1. The van der Waals surface area contributed by atoms with Gasteiger partial charge in [0.25, 0.3) is 0 Å². The second kappa shape index (κ2) is 11.6. The van der Waals surface area contributed by atoms with Crippen molar-refractivity contribution in [1.29, 1.82) is 0 Å². The lowest BCUT2D eigenvalue weighted by Crippen LogP contribution is -2.43. The minimum atomic E-state index is -0.487. The van der Waals surface area contributed by atoms with Gasteiger partial charge in [-0.1, -0.05) is 0 Å². The molecule has 41 heavy (non-hydrogen) atoms. The summed E-state index contributed by atoms with van der Waals surface area (Å²) >= 11 is 0. The molecule has 0 spiro atoms. The summed E-state index contributed by atoms with van der Waals surface area (Å²) in [6, 6.07) is 5.74. The van der Waals surface area contributed by atoms with E-state index >= 15 is 4.39 Å². The monoisotopic (exact) mass is 564 g/mol. The topological polar surface area (TPSA) is 111 Å². The molecule has 1 atom stereocenters. The average Bonchev–Trinajstić information content (AvgIpc) is 3.57. The van der Waals surface area contributed by atoms with Crippen LogP contribution in [0.15, 0.2) is 24.4 Å². The number of hydrogen-bond acceptors (Lipinski definition) is 8. The van der Waals surface area contributed by atoms with Crippen LogP contribution in [0.4, 0.5) is 32.5 Å². The van der Waals surface area contributed by atoms with E-state index in [2.05, 4.69) is 35.7 Å². The Labute approximate surface area is 241 Å². The van der Waals surface area contributed by atoms with E-state index < -0.39 is 5.60 Å². The van der Waals surface area contributed by atoms with Crippen LogP contribution in [-0.2, 0) is 4.74 Å². The summed E-state index contributed by atoms with van der Waals surface area (Å²) in [4.78, 5) is 25.7. The maximum Gasteiger partial charge on any atom is 0.410 e. The number of hydrogen-bond donors (Lipinski definition) is 3. The van der Waals surface area contributed by atoms with Crippen molar-refractivity contribution in [2.24, 2.45) is 0 Å². The highest BCUT2D eigenvalue weighted by atomic mass is 19.1. The molecule has 0 radical (unpaired) electrons. The minimum absolute atomic E-state index is 0.231. The molecule has 3 N–H and O–H groups in total. The van der Waals surface area contributed by atoms with Crippen LogP contribution in [0.5, 0.6) is 0 Å². The third-order valence-corrected chi connectivity index (χ3v) is 7.83. The van der Waals surface area contributed by atoms with Gasteiger partial charge in [-0.05, 0) is 103 Å². The van der Waals surface area contributed by atoms with Gasteiger partial charge < -0.3 is 20.3 Å². The first-order valence-electron chi connectivity index (χ1n) is 14.4. The molecule has 2 aliphatic heterocycles. The van der Waals surface area contributed by atoms with Crippen LogP contribution in [0.2, 0.25) is 0 Å². The number of aromatic nitrogens is 4. The van der Waals surface area contributed by atoms with Crippen LogP contribution < -0.4 is 10.6 Å². The zero-order valence-electron chi connectivity index (χ0n) is 24.8. The van der Waals surface area contributed by atoms with E-state index in [0.29, 0.717) is 41.8 Å². The van der Waals surface area contributed by atoms with Gasteiger partial charge in [0.05, 0.1) is 5.69 Å². The third kappa shape index (κ3) is 6.95. The number of aryl methyl sites for hydroxylation is 3. The van der Waals surface area contributed by atoms with Gasteiger partial charge in [0.15, 0.2) is 5.82 Å². The molecular formula is C30H41FN8O2. The van der Waals surface area contributed by atoms with Crippen molar-refractivity contribution in [2.75, 3.05) is 36.8 Å². The van der Waals surface area contributed by atoms with Crippen molar-refractivity contribution in [3.05, 3.63) is 52.6 Å². The number of carbonyl (C=O) groups is 1. The van der Waals surface area contributed by atoms with Crippen molar-refractivity contribution in [3.8, 4) is 0 Å². The van der Waals surface area contributed by atoms with Gasteiger partial charge in [0, 0.05) is 42.7 Å². The molecular weight excluding hydrogens is 523 g/mol. The molecule has 2 aliphatic rings. The predicted octanol–water partition coefficient (Wildman–Crippen LogP) is 5.94. The summed E-state index contributed by atoms with van der Waals surface area (Å²) in [6.45, 7) is 14.8. The predicted molar refractivity (Wildman–Crippen MR) is 158 cm³/mol. The molecule has 11 heteroatoms. The zero-order chi connectivity index (χ0) is 29.3. The number of nitrogens with zero attached hydrogens (tertiary/aromatic N) is 5. The zero-order valence-corrected chi connectivity index (χ0v) is 24.8. The number of H-pyrrole nitrogens is 1. The number of nitrogens with one attached hydrogen (secondary N) is 3. The highest BCUT2D eigenvalue weighted by molar-refractivity contribution is 5.68. The summed E-state index contributed by atoms with van der Waals surface area (Å²) in [5.41, 5.74) is 3.74. The molecule has 1 aromatic carbocycles. The van der Waals surface area contributed by atoms with Crippen molar-refractivity contribution in [1.82, 2.24) is 30.0 Å². The largest absolute Gasteiger partial charge is 0.444 e. The Balaban J connectivity index is 1.19. The fourth-order valence-corrected chi connectivity index (χ4v) is 5.69. The fraction of sp³-hybridized carbons (Fsp3) is 0.533. The van der Waals surface area contributed by atoms with Crippen LogP contribution in [-0.4, -0.2) is 73.9 Å². The Hall–Kier alpha value is -3.73. The molecule has 4 heterocycles. The molecule has 0 saturated carbocycles. The first-order valence-corrected chi connectivity index (χ1v) is 14.4. The molecule has 2 fully saturated rings. The first-order chi connectivity index (χ1) is 19.4. The molecule has 0 bridgehead atoms. The van der Waals surface area contributed by atoms with Crippen LogP contribution in [0.25, 0.3) is 0 Å². The summed E-state index contributed by atoms with van der Waals surface area (Å²) in [5.74, 6) is 1.54. The molecule has 220 valence electrons. The molecule has 1 unspecified atom stereocenters. The fourth-order valence-electron chi connectivity index (χ4n) is 5.69. The smallest absolute Gasteiger partial charge is 0.410 e. The van der Waals surface area contributed by atoms with E-state index in [0.717, 1.165) is 61.3 Å². The lowest BCUT2D eigenvalue weighted by molar-refractivity contribution is 0.0276. The van der Waals surface area contributed by atoms with Crippen LogP contribution in [0.3, 0.4) is 0 Å². The van der Waals surface area contributed by atoms with E-state index in [1.165, 1.54) is 0 Å². The Bertz CT molecular complexity index is 1390. The van der Waals surface area contributed by atoms with Gasteiger partial charge in [-0.2, -0.15) is 10.1 Å². The molecule has 3 aromatic rings. The van der Waals surface area contributed by atoms with Gasteiger partial charge in [-0.25, -0.2) is 14.2 Å². The average molecular weight is 565 g/mol. The van der Waals surface area contributed by atoms with E-state index in [9.17, 15) is 4.79 Å². The van der Waals surface area contributed by atoms with E-state index in [1.807, 2.05) is 58.6 Å². The number of piperidine rings is 1. The van der Waals surface area contributed by atoms with Crippen molar-refractivity contribution >= 4 is 29.4 Å². The van der Waals surface area contributed by atoms with Crippen LogP contribution in [0.1, 0.15) is 68.3 Å². The molecule has 5 rings (SSSR count). The van der Waals surface area contributed by atoms with Gasteiger partial charge in [0.2, 0.25) is 5.95 Å². The SMILES string of the molecule is Cc1cc(Nc2nc(Nc3cc(C)c(C4CCN(C5CCN(C(=O)OC(C)(C)C)C5)CC4)cc3F)ncc2C)n[nH]1. The second-order valence-corrected chi connectivity index (χ2v) is 12.3. The van der Waals surface area contributed by atoms with Gasteiger partial charge in [0.1, 0.15) is 17.2 Å². The number of anilines is 4. The van der Waals surface area contributed by atoms with E-state index in [4.69, 9.17) is 4.74 Å². The summed E-state index contributed by atoms with van der Waals surface area (Å²) in [6.07, 6.45) is 4.34. The normalized spacial score (nSPS) is 18.5. The van der Waals surface area contributed by atoms with Gasteiger partial charge >= 0.3 is 6.09 Å². The van der Waals surface area contributed by atoms with Crippen LogP contribution in [0, 0.1) is 26.6 Å². The summed E-state index contributed by atoms with van der Waals surface area (Å²) in [7, 11) is 0. The Kier molecular flexibility index (Phi) is 8.17. The van der Waals surface area contributed by atoms with Crippen molar-refractivity contribution in [3.63, 3.8) is 0 Å². The minimum Gasteiger partial charge on any atom is -0.444 e. The maximum atomic E-state index is 15.4. The Morgan fingerprint density at radius 1 is 1.05 bits per heavy atom. The second-order valence-electron chi connectivity index (χ2n) is 12.3. The summed E-state index contributed by atoms with van der Waals surface area (Å²) in [5, 5.41) is 13.3. The third-order valence-electron chi connectivity index (χ3n) is 7.83. The van der Waals surface area contributed by atoms with Crippen molar-refractivity contribution < 1.29 is 13.9 Å². The number of halogens is 1. The maximum absolute atomic E-state index is 15.4. The standard InChI is InChI=1S/C30H41FN8O2/c1-18-13-25(33-28-32-16-19(2)27(35-28)34-26-14-20(3)36-37-26)24(31)15-23(18)21-7-10-38(11-8-21)22-9-12-39(17-22)29(40)41-30(4,5)6/h13-16,21-22H,7-12,17H2,1-6H3,(H3,32,33,34,35,36,37). The number of benzene rings is 1. The first kappa shape index (κ1) is 28.8. The highest BCUT2D eigenvalue weighted by Gasteiger charge is 2.35. The Morgan fingerprint density at radius 2 is 1.80 bits per heavy atom. The number of amides is 1. The van der Waals surface area contributed by atoms with Crippen molar-refractivity contribution in [2.45, 2.75) is 78.4 Å². The number of aromatic amines is 1. The van der Waals surface area contributed by atoms with E-state index in [-0.39, 0.29) is 11.9 Å². The number of carbonyl (C=O) groups excluding carboxylic acids is 1. The Morgan fingerprint density at radius 3 is 2.49 bits per heavy atom. The molecule has 2 aromatic heterocycles. The quantitative estimate of drug-likeness (QED) is 0.337. The summed E-state index contributed by atoms with van der Waals surface area (Å²) < 4.78 is 20.9. The molecule has 2 saturated heterocycles. The van der Waals surface area contributed by atoms with Gasteiger partial charge in [-0.15, -0.1) is 0 Å². The lowest BCUT2D eigenvalue weighted by atomic mass is 9.86. The molecule has 10 nitrogen and oxygen atoms in total. The lowest BCUT2D eigenvalue weighted by Gasteiger charge is -2.36. The molecule has 1 amide bonds. The van der Waals surface area contributed by atoms with E-state index in [1.54, 1.807) is 12.3 Å². The highest BCUT2D eigenvalue weighted by Crippen LogP contribution is 2.35. The van der Waals surface area contributed by atoms with Crippen LogP contribution >= 0.6 is 0 Å². The molecule has 0 aliphatic carbocycles. The van der Waals surface area contributed by atoms with Gasteiger partial charge in [-0.3, -0.25) is 10.00 Å². The number of rotatable bonds is 6. The number of likely N-dealkylation sites (tertiary alicyclic amines) is 2.